The first-order valence-corrected chi connectivity index (χ1v) is 12.1. The number of nitrogens with zero attached hydrogens (tertiary/aromatic N) is 4. The van der Waals surface area contributed by atoms with E-state index in [1.165, 1.54) is 12.8 Å². The van der Waals surface area contributed by atoms with Crippen molar-refractivity contribution in [3.63, 3.8) is 0 Å². The predicted octanol–water partition coefficient (Wildman–Crippen LogP) is 2.14. The van der Waals surface area contributed by atoms with Gasteiger partial charge < -0.3 is 15.5 Å². The molecule has 0 aromatic heterocycles. The van der Waals surface area contributed by atoms with E-state index in [0.717, 1.165) is 97.1 Å². The summed E-state index contributed by atoms with van der Waals surface area (Å²) in [6.07, 6.45) is 8.94. The first-order chi connectivity index (χ1) is 14.7. The number of hydrogen-bond donors (Lipinski definition) is 2. The Hall–Kier alpha value is -0.870. The van der Waals surface area contributed by atoms with Crippen LogP contribution >= 0.6 is 24.0 Å². The zero-order valence-electron chi connectivity index (χ0n) is 19.4. The van der Waals surface area contributed by atoms with Gasteiger partial charge in [0.2, 0.25) is 5.91 Å². The summed E-state index contributed by atoms with van der Waals surface area (Å²) in [7, 11) is 0. The Labute approximate surface area is 206 Å². The molecular formula is C23H43IN6O. The molecule has 3 aliphatic rings. The van der Waals surface area contributed by atoms with Crippen LogP contribution in [0.2, 0.25) is 0 Å². The Kier molecular flexibility index (Phi) is 12.2. The van der Waals surface area contributed by atoms with Crippen LogP contribution in [0.15, 0.2) is 17.6 Å². The SMILES string of the molecule is C=CCN1CCC(NC(=NCCN2CCN(C(=O)C3CCCC3)CC2)NCC)CC1.I. The molecule has 178 valence electrons. The number of hydrogen-bond acceptors (Lipinski definition) is 4. The summed E-state index contributed by atoms with van der Waals surface area (Å²) in [6.45, 7) is 15.5. The normalized spacial score (nSPS) is 22.2. The molecule has 2 aliphatic heterocycles. The second kappa shape index (κ2) is 14.3. The van der Waals surface area contributed by atoms with Gasteiger partial charge in [-0.1, -0.05) is 18.9 Å². The van der Waals surface area contributed by atoms with E-state index in [1.54, 1.807) is 0 Å². The van der Waals surface area contributed by atoms with E-state index in [4.69, 9.17) is 4.99 Å². The number of carbonyl (C=O) groups is 1. The lowest BCUT2D eigenvalue weighted by Gasteiger charge is -2.35. The largest absolute Gasteiger partial charge is 0.357 e. The third-order valence-electron chi connectivity index (χ3n) is 6.73. The minimum atomic E-state index is 0. The Morgan fingerprint density at radius 2 is 1.71 bits per heavy atom. The fraction of sp³-hybridized carbons (Fsp3) is 0.826. The lowest BCUT2D eigenvalue weighted by molar-refractivity contribution is -0.137. The van der Waals surface area contributed by atoms with Crippen molar-refractivity contribution in [3.8, 4) is 0 Å². The molecule has 2 saturated heterocycles. The summed E-state index contributed by atoms with van der Waals surface area (Å²) in [5.41, 5.74) is 0. The first-order valence-electron chi connectivity index (χ1n) is 12.1. The average Bonchev–Trinajstić information content (AvgIpc) is 3.30. The highest BCUT2D eigenvalue weighted by molar-refractivity contribution is 14.0. The molecule has 1 saturated carbocycles. The first kappa shape index (κ1) is 26.4. The lowest BCUT2D eigenvalue weighted by atomic mass is 10.1. The number of piperidine rings is 1. The highest BCUT2D eigenvalue weighted by Gasteiger charge is 2.29. The van der Waals surface area contributed by atoms with Gasteiger partial charge >= 0.3 is 0 Å². The Morgan fingerprint density at radius 1 is 1.03 bits per heavy atom. The highest BCUT2D eigenvalue weighted by atomic mass is 127. The molecule has 2 N–H and O–H groups in total. The van der Waals surface area contributed by atoms with Gasteiger partial charge in [-0.25, -0.2) is 0 Å². The minimum Gasteiger partial charge on any atom is -0.357 e. The number of likely N-dealkylation sites (tertiary alicyclic amines) is 1. The van der Waals surface area contributed by atoms with Crippen molar-refractivity contribution in [1.29, 1.82) is 0 Å². The summed E-state index contributed by atoms with van der Waals surface area (Å²) in [5.74, 6) is 1.65. The van der Waals surface area contributed by atoms with Crippen LogP contribution in [0.4, 0.5) is 0 Å². The van der Waals surface area contributed by atoms with Crippen LogP contribution in [-0.2, 0) is 4.79 Å². The van der Waals surface area contributed by atoms with Gasteiger partial charge in [0.25, 0.3) is 0 Å². The minimum absolute atomic E-state index is 0. The number of halogens is 1. The van der Waals surface area contributed by atoms with E-state index in [-0.39, 0.29) is 24.0 Å². The molecule has 2 heterocycles. The van der Waals surface area contributed by atoms with Crippen LogP contribution < -0.4 is 10.6 Å². The smallest absolute Gasteiger partial charge is 0.225 e. The van der Waals surface area contributed by atoms with E-state index < -0.39 is 0 Å². The summed E-state index contributed by atoms with van der Waals surface area (Å²) < 4.78 is 0. The number of guanidine groups is 1. The molecular weight excluding hydrogens is 503 g/mol. The van der Waals surface area contributed by atoms with Crippen molar-refractivity contribution in [1.82, 2.24) is 25.3 Å². The van der Waals surface area contributed by atoms with E-state index in [1.807, 2.05) is 6.08 Å². The maximum atomic E-state index is 12.6. The third-order valence-corrected chi connectivity index (χ3v) is 6.73. The summed E-state index contributed by atoms with van der Waals surface area (Å²) in [5, 5.41) is 7.02. The van der Waals surface area contributed by atoms with Gasteiger partial charge in [-0.2, -0.15) is 0 Å². The van der Waals surface area contributed by atoms with E-state index in [9.17, 15) is 4.79 Å². The van der Waals surface area contributed by atoms with Crippen molar-refractivity contribution in [3.05, 3.63) is 12.7 Å². The van der Waals surface area contributed by atoms with Crippen molar-refractivity contribution in [2.45, 2.75) is 51.5 Å². The lowest BCUT2D eigenvalue weighted by Crippen LogP contribution is -2.51. The second-order valence-electron chi connectivity index (χ2n) is 8.92. The van der Waals surface area contributed by atoms with E-state index >= 15 is 0 Å². The Morgan fingerprint density at radius 3 is 2.32 bits per heavy atom. The maximum Gasteiger partial charge on any atom is 0.225 e. The topological polar surface area (TPSA) is 63.2 Å². The number of carbonyl (C=O) groups excluding carboxylic acids is 1. The molecule has 0 aromatic rings. The number of piperazine rings is 1. The quantitative estimate of drug-likeness (QED) is 0.212. The van der Waals surface area contributed by atoms with Crippen molar-refractivity contribution in [2.24, 2.45) is 10.9 Å². The van der Waals surface area contributed by atoms with Crippen LogP contribution in [0.25, 0.3) is 0 Å². The molecule has 0 spiro atoms. The summed E-state index contributed by atoms with van der Waals surface area (Å²) in [4.78, 5) is 24.4. The van der Waals surface area contributed by atoms with Crippen LogP contribution in [0.1, 0.15) is 45.4 Å². The number of aliphatic imine (C=N–C) groups is 1. The predicted molar refractivity (Wildman–Crippen MR) is 139 cm³/mol. The van der Waals surface area contributed by atoms with Gasteiger partial charge in [0.05, 0.1) is 6.54 Å². The zero-order chi connectivity index (χ0) is 21.2. The number of nitrogens with one attached hydrogen (secondary N) is 2. The van der Waals surface area contributed by atoms with Crippen molar-refractivity contribution < 1.29 is 4.79 Å². The molecule has 3 fully saturated rings. The molecule has 31 heavy (non-hydrogen) atoms. The van der Waals surface area contributed by atoms with Gasteiger partial charge in [0.15, 0.2) is 5.96 Å². The van der Waals surface area contributed by atoms with Gasteiger partial charge in [-0.15, -0.1) is 30.6 Å². The summed E-state index contributed by atoms with van der Waals surface area (Å²) in [6, 6.07) is 0.494. The van der Waals surface area contributed by atoms with Gasteiger partial charge in [-0.05, 0) is 32.6 Å². The van der Waals surface area contributed by atoms with Gasteiger partial charge in [0, 0.05) is 70.9 Å². The molecule has 0 bridgehead atoms. The van der Waals surface area contributed by atoms with Crippen LogP contribution in [0, 0.1) is 5.92 Å². The van der Waals surface area contributed by atoms with Crippen LogP contribution in [-0.4, -0.2) is 98.1 Å². The molecule has 3 rings (SSSR count). The number of rotatable bonds is 8. The molecule has 1 aliphatic carbocycles. The highest BCUT2D eigenvalue weighted by Crippen LogP contribution is 2.26. The van der Waals surface area contributed by atoms with Crippen molar-refractivity contribution in [2.75, 3.05) is 65.4 Å². The second-order valence-corrected chi connectivity index (χ2v) is 8.92. The van der Waals surface area contributed by atoms with E-state index in [2.05, 4.69) is 38.8 Å². The third kappa shape index (κ3) is 8.53. The summed E-state index contributed by atoms with van der Waals surface area (Å²) >= 11 is 0. The van der Waals surface area contributed by atoms with Crippen molar-refractivity contribution >= 4 is 35.8 Å². The maximum absolute atomic E-state index is 12.6. The Bertz CT molecular complexity index is 564. The molecule has 0 atom stereocenters. The van der Waals surface area contributed by atoms with E-state index in [0.29, 0.717) is 17.9 Å². The fourth-order valence-corrected chi connectivity index (χ4v) is 4.88. The molecule has 1 amide bonds. The molecule has 0 radical (unpaired) electrons. The van der Waals surface area contributed by atoms with Gasteiger partial charge in [0.1, 0.15) is 0 Å². The van der Waals surface area contributed by atoms with Crippen LogP contribution in [0.3, 0.4) is 0 Å². The zero-order valence-corrected chi connectivity index (χ0v) is 21.7. The average molecular weight is 547 g/mol. The van der Waals surface area contributed by atoms with Crippen LogP contribution in [0.5, 0.6) is 0 Å². The molecule has 0 unspecified atom stereocenters. The number of amides is 1. The monoisotopic (exact) mass is 546 g/mol. The van der Waals surface area contributed by atoms with Gasteiger partial charge in [-0.3, -0.25) is 19.6 Å². The molecule has 8 heteroatoms. The molecule has 0 aromatic carbocycles. The standard InChI is InChI=1S/C23H42N6O.HI/c1-3-12-27-13-9-21(10-14-27)26-23(24-4-2)25-11-15-28-16-18-29(19-17-28)22(30)20-7-5-6-8-20;/h3,20-21H,1,4-19H2,2H3,(H2,24,25,26);1H. The Balaban J connectivity index is 0.00000341. The fourth-order valence-electron chi connectivity index (χ4n) is 4.88. The molecule has 7 nitrogen and oxygen atoms in total.